The van der Waals surface area contributed by atoms with Gasteiger partial charge in [-0.15, -0.1) is 18.2 Å². The molecule has 0 radical (unpaired) electrons. The van der Waals surface area contributed by atoms with Crippen molar-refractivity contribution in [2.45, 2.75) is 44.6 Å². The Kier molecular flexibility index (Phi) is 12.5. The van der Waals surface area contributed by atoms with Gasteiger partial charge in [-0.25, -0.2) is 4.79 Å². The molecule has 0 fully saturated rings. The van der Waals surface area contributed by atoms with Gasteiger partial charge in [-0.2, -0.15) is 0 Å². The van der Waals surface area contributed by atoms with Gasteiger partial charge in [0.25, 0.3) is 0 Å². The number of carbonyl (C=O) groups is 2. The monoisotopic (exact) mass is 446 g/mol. The molecule has 1 aromatic carbocycles. The number of terminal acetylenes is 1. The van der Waals surface area contributed by atoms with Crippen molar-refractivity contribution < 1.29 is 19.1 Å². The van der Waals surface area contributed by atoms with Crippen LogP contribution in [0.3, 0.4) is 0 Å². The van der Waals surface area contributed by atoms with Crippen molar-refractivity contribution in [3.05, 3.63) is 35.9 Å². The Morgan fingerprint density at radius 3 is 2.68 bits per heavy atom. The molecule has 1 rings (SSSR count). The lowest BCUT2D eigenvalue weighted by Crippen LogP contribution is -2.34. The topological polar surface area (TPSA) is 67.9 Å². The summed E-state index contributed by atoms with van der Waals surface area (Å²) >= 11 is 1.78. The molecule has 1 aromatic rings. The molecule has 31 heavy (non-hydrogen) atoms. The van der Waals surface area contributed by atoms with Crippen molar-refractivity contribution in [3.8, 4) is 12.3 Å². The molecule has 0 aromatic heterocycles. The predicted molar refractivity (Wildman–Crippen MR) is 127 cm³/mol. The van der Waals surface area contributed by atoms with Gasteiger partial charge in [0.05, 0.1) is 26.2 Å². The van der Waals surface area contributed by atoms with Crippen LogP contribution in [0.25, 0.3) is 6.08 Å². The lowest BCUT2D eigenvalue weighted by molar-refractivity contribution is -0.131. The number of benzene rings is 1. The first-order chi connectivity index (χ1) is 14.8. The molecule has 0 saturated carbocycles. The molecule has 0 aliphatic rings. The minimum atomic E-state index is -0.538. The maximum absolute atomic E-state index is 12.5. The van der Waals surface area contributed by atoms with Crippen LogP contribution in [0.4, 0.5) is 4.79 Å². The fourth-order valence-corrected chi connectivity index (χ4v) is 3.32. The van der Waals surface area contributed by atoms with Crippen molar-refractivity contribution in [1.82, 2.24) is 10.2 Å². The number of thioether (sulfide) groups is 1. The maximum atomic E-state index is 12.5. The number of carbonyl (C=O) groups excluding carboxylic acids is 2. The normalized spacial score (nSPS) is 11.2. The van der Waals surface area contributed by atoms with Crippen molar-refractivity contribution in [2.75, 3.05) is 38.6 Å². The minimum absolute atomic E-state index is 0.0704. The van der Waals surface area contributed by atoms with Crippen LogP contribution >= 0.6 is 11.8 Å². The lowest BCUT2D eigenvalue weighted by atomic mass is 10.2. The number of amides is 2. The summed E-state index contributed by atoms with van der Waals surface area (Å²) in [6, 6.07) is 8.17. The highest BCUT2D eigenvalue weighted by atomic mass is 32.2. The van der Waals surface area contributed by atoms with E-state index in [4.69, 9.17) is 15.9 Å². The Labute approximate surface area is 190 Å². The Hall–Kier alpha value is -2.43. The summed E-state index contributed by atoms with van der Waals surface area (Å²) in [7, 11) is 0. The van der Waals surface area contributed by atoms with E-state index in [-0.39, 0.29) is 25.5 Å². The van der Waals surface area contributed by atoms with Gasteiger partial charge >= 0.3 is 6.09 Å². The number of ether oxygens (including phenoxy) is 2. The van der Waals surface area contributed by atoms with E-state index in [0.29, 0.717) is 19.7 Å². The Bertz CT molecular complexity index is 766. The summed E-state index contributed by atoms with van der Waals surface area (Å²) in [5, 5.41) is 2.61. The molecule has 0 aliphatic heterocycles. The Morgan fingerprint density at radius 2 is 2.00 bits per heavy atom. The SMILES string of the molecule is C#CCN(C/C=C/c1ccccc1SCC)C(=O)CCOCCNC(=O)OC(C)(C)C. The van der Waals surface area contributed by atoms with Crippen molar-refractivity contribution >= 4 is 29.8 Å². The lowest BCUT2D eigenvalue weighted by Gasteiger charge is -2.20. The zero-order valence-electron chi connectivity index (χ0n) is 19.0. The van der Waals surface area contributed by atoms with Crippen LogP contribution in [0.2, 0.25) is 0 Å². The molecule has 0 aliphatic carbocycles. The van der Waals surface area contributed by atoms with Crippen molar-refractivity contribution in [2.24, 2.45) is 0 Å². The molecule has 0 bridgehead atoms. The molecule has 1 N–H and O–H groups in total. The van der Waals surface area contributed by atoms with E-state index in [9.17, 15) is 9.59 Å². The van der Waals surface area contributed by atoms with Gasteiger partial charge < -0.3 is 19.7 Å². The van der Waals surface area contributed by atoms with Crippen LogP contribution in [0.1, 0.15) is 39.7 Å². The highest BCUT2D eigenvalue weighted by Crippen LogP contribution is 2.23. The van der Waals surface area contributed by atoms with Crippen LogP contribution in [-0.4, -0.2) is 61.1 Å². The smallest absolute Gasteiger partial charge is 0.407 e. The van der Waals surface area contributed by atoms with Crippen molar-refractivity contribution in [1.29, 1.82) is 0 Å². The molecule has 0 unspecified atom stereocenters. The van der Waals surface area contributed by atoms with E-state index in [1.165, 1.54) is 4.90 Å². The second-order valence-corrected chi connectivity index (χ2v) is 8.95. The third-order valence-electron chi connectivity index (χ3n) is 3.85. The summed E-state index contributed by atoms with van der Waals surface area (Å²) in [5.41, 5.74) is 0.590. The van der Waals surface area contributed by atoms with Gasteiger partial charge in [-0.05, 0) is 38.2 Å². The summed E-state index contributed by atoms with van der Waals surface area (Å²) in [5.74, 6) is 3.47. The van der Waals surface area contributed by atoms with Gasteiger partial charge in [0.2, 0.25) is 5.91 Å². The van der Waals surface area contributed by atoms with Gasteiger partial charge in [0.15, 0.2) is 0 Å². The molecule has 0 saturated heterocycles. The average Bonchev–Trinajstić information content (AvgIpc) is 2.70. The number of hydrogen-bond acceptors (Lipinski definition) is 5. The maximum Gasteiger partial charge on any atom is 0.407 e. The Balaban J connectivity index is 2.38. The highest BCUT2D eigenvalue weighted by molar-refractivity contribution is 7.99. The van der Waals surface area contributed by atoms with E-state index < -0.39 is 11.7 Å². The average molecular weight is 447 g/mol. The number of rotatable bonds is 12. The molecule has 0 spiro atoms. The van der Waals surface area contributed by atoms with E-state index in [1.807, 2.05) is 24.3 Å². The van der Waals surface area contributed by atoms with E-state index in [2.05, 4.69) is 30.3 Å². The molecule has 6 nitrogen and oxygen atoms in total. The van der Waals surface area contributed by atoms with E-state index in [1.54, 1.807) is 37.4 Å². The highest BCUT2D eigenvalue weighted by Gasteiger charge is 2.15. The summed E-state index contributed by atoms with van der Waals surface area (Å²) in [4.78, 5) is 26.8. The zero-order valence-corrected chi connectivity index (χ0v) is 19.8. The molecular weight excluding hydrogens is 412 g/mol. The first-order valence-corrected chi connectivity index (χ1v) is 11.4. The van der Waals surface area contributed by atoms with Gasteiger partial charge in [-0.1, -0.05) is 43.2 Å². The van der Waals surface area contributed by atoms with Crippen molar-refractivity contribution in [3.63, 3.8) is 0 Å². The molecule has 0 heterocycles. The summed E-state index contributed by atoms with van der Waals surface area (Å²) in [6.45, 7) is 9.08. The van der Waals surface area contributed by atoms with Gasteiger partial charge in [0.1, 0.15) is 5.60 Å². The van der Waals surface area contributed by atoms with E-state index >= 15 is 0 Å². The fraction of sp³-hybridized carbons (Fsp3) is 0.500. The van der Waals surface area contributed by atoms with Crippen LogP contribution in [0.15, 0.2) is 35.2 Å². The molecule has 2 amide bonds. The number of nitrogens with zero attached hydrogens (tertiary/aromatic N) is 1. The second kappa shape index (κ2) is 14.6. The van der Waals surface area contributed by atoms with E-state index in [0.717, 1.165) is 11.3 Å². The quantitative estimate of drug-likeness (QED) is 0.296. The number of alkyl carbamates (subject to hydrolysis) is 1. The molecule has 7 heteroatoms. The second-order valence-electron chi connectivity index (χ2n) is 7.64. The first kappa shape index (κ1) is 26.6. The van der Waals surface area contributed by atoms with Gasteiger partial charge in [0, 0.05) is 18.0 Å². The third-order valence-corrected chi connectivity index (χ3v) is 4.82. The zero-order chi connectivity index (χ0) is 23.1. The molecular formula is C24H34N2O4S. The standard InChI is InChI=1S/C24H34N2O4S/c1-6-16-26(17-10-12-20-11-8-9-13-21(20)31-7-2)22(27)14-18-29-19-15-25-23(28)30-24(3,4)5/h1,8-13H,7,14-19H2,2-5H3,(H,25,28)/b12-10+. The predicted octanol–water partition coefficient (Wildman–Crippen LogP) is 4.21. The van der Waals surface area contributed by atoms with Crippen LogP contribution < -0.4 is 5.32 Å². The summed E-state index contributed by atoms with van der Waals surface area (Å²) < 4.78 is 10.6. The third kappa shape index (κ3) is 12.1. The van der Waals surface area contributed by atoms with Crippen LogP contribution in [0, 0.1) is 12.3 Å². The summed E-state index contributed by atoms with van der Waals surface area (Å²) in [6.07, 6.45) is 9.14. The molecule has 170 valence electrons. The van der Waals surface area contributed by atoms with Gasteiger partial charge in [-0.3, -0.25) is 4.79 Å². The van der Waals surface area contributed by atoms with Crippen LogP contribution in [-0.2, 0) is 14.3 Å². The first-order valence-electron chi connectivity index (χ1n) is 10.4. The number of hydrogen-bond donors (Lipinski definition) is 1. The largest absolute Gasteiger partial charge is 0.444 e. The minimum Gasteiger partial charge on any atom is -0.444 e. The fourth-order valence-electron chi connectivity index (χ4n) is 2.54. The Morgan fingerprint density at radius 1 is 1.26 bits per heavy atom. The number of nitrogens with one attached hydrogen (secondary N) is 1. The van der Waals surface area contributed by atoms with Crippen LogP contribution in [0.5, 0.6) is 0 Å². The molecule has 0 atom stereocenters.